The van der Waals surface area contributed by atoms with Crippen molar-refractivity contribution >= 4 is 29.2 Å². The SMILES string of the molecule is CCn1c(O)c(C=Nc2ccc([N+](=O)[O-])cc2Cl)c(C)c(C#N)c1=O. The topological polar surface area (TPSA) is 122 Å². The van der Waals surface area contributed by atoms with Gasteiger partial charge < -0.3 is 5.11 Å². The maximum Gasteiger partial charge on any atom is 0.271 e. The molecule has 0 aliphatic carbocycles. The fourth-order valence-corrected chi connectivity index (χ4v) is 2.49. The van der Waals surface area contributed by atoms with E-state index in [0.29, 0.717) is 0 Å². The Morgan fingerprint density at radius 2 is 2.20 bits per heavy atom. The van der Waals surface area contributed by atoms with E-state index in [9.17, 15) is 25.3 Å². The molecule has 0 radical (unpaired) electrons. The number of nitrogens with zero attached hydrogens (tertiary/aromatic N) is 4. The van der Waals surface area contributed by atoms with Gasteiger partial charge in [0, 0.05) is 24.9 Å². The van der Waals surface area contributed by atoms with Crippen LogP contribution in [0.1, 0.15) is 23.6 Å². The van der Waals surface area contributed by atoms with Gasteiger partial charge in [-0.25, -0.2) is 0 Å². The first-order valence-electron chi connectivity index (χ1n) is 7.16. The number of hydrogen-bond donors (Lipinski definition) is 1. The molecule has 1 aromatic heterocycles. The molecule has 0 fully saturated rings. The minimum Gasteiger partial charge on any atom is -0.494 e. The molecule has 1 aromatic carbocycles. The summed E-state index contributed by atoms with van der Waals surface area (Å²) >= 11 is 5.97. The van der Waals surface area contributed by atoms with Gasteiger partial charge in [-0.3, -0.25) is 24.5 Å². The molecular weight excluding hydrogens is 348 g/mol. The number of nitro benzene ring substituents is 1. The van der Waals surface area contributed by atoms with Crippen LogP contribution in [-0.4, -0.2) is 20.8 Å². The summed E-state index contributed by atoms with van der Waals surface area (Å²) in [6.07, 6.45) is 1.27. The number of nitriles is 1. The first-order valence-corrected chi connectivity index (χ1v) is 7.54. The predicted molar refractivity (Wildman–Crippen MR) is 92.9 cm³/mol. The van der Waals surface area contributed by atoms with E-state index in [1.165, 1.54) is 25.3 Å². The summed E-state index contributed by atoms with van der Waals surface area (Å²) in [4.78, 5) is 26.4. The number of aliphatic imine (C=N–C) groups is 1. The Balaban J connectivity index is 2.58. The molecule has 1 N–H and O–H groups in total. The Bertz CT molecular complexity index is 989. The number of aromatic hydroxyl groups is 1. The second kappa shape index (κ2) is 7.15. The number of aromatic nitrogens is 1. The Morgan fingerprint density at radius 3 is 2.72 bits per heavy atom. The van der Waals surface area contributed by atoms with Crippen LogP contribution >= 0.6 is 11.6 Å². The largest absolute Gasteiger partial charge is 0.494 e. The molecule has 0 bridgehead atoms. The van der Waals surface area contributed by atoms with Crippen molar-refractivity contribution in [2.24, 2.45) is 4.99 Å². The van der Waals surface area contributed by atoms with E-state index >= 15 is 0 Å². The van der Waals surface area contributed by atoms with Crippen molar-refractivity contribution in [1.29, 1.82) is 5.26 Å². The molecule has 0 aliphatic heterocycles. The normalized spacial score (nSPS) is 10.8. The maximum absolute atomic E-state index is 12.1. The highest BCUT2D eigenvalue weighted by atomic mass is 35.5. The lowest BCUT2D eigenvalue weighted by Crippen LogP contribution is -2.24. The van der Waals surface area contributed by atoms with Crippen LogP contribution in [0.4, 0.5) is 11.4 Å². The van der Waals surface area contributed by atoms with Crippen LogP contribution in [0.2, 0.25) is 5.02 Å². The van der Waals surface area contributed by atoms with Crippen LogP contribution in [0, 0.1) is 28.4 Å². The Morgan fingerprint density at radius 1 is 1.52 bits per heavy atom. The molecule has 2 rings (SSSR count). The number of halogens is 1. The number of pyridine rings is 1. The monoisotopic (exact) mass is 360 g/mol. The highest BCUT2D eigenvalue weighted by molar-refractivity contribution is 6.33. The average molecular weight is 361 g/mol. The minimum absolute atomic E-state index is 0.0620. The lowest BCUT2D eigenvalue weighted by Gasteiger charge is -2.12. The van der Waals surface area contributed by atoms with Crippen molar-refractivity contribution in [2.75, 3.05) is 0 Å². The lowest BCUT2D eigenvalue weighted by molar-refractivity contribution is -0.384. The van der Waals surface area contributed by atoms with Crippen molar-refractivity contribution in [3.8, 4) is 11.9 Å². The summed E-state index contributed by atoms with van der Waals surface area (Å²) in [5, 5.41) is 30.2. The van der Waals surface area contributed by atoms with Gasteiger partial charge in [-0.1, -0.05) is 11.6 Å². The van der Waals surface area contributed by atoms with E-state index in [4.69, 9.17) is 11.6 Å². The van der Waals surface area contributed by atoms with Gasteiger partial charge >= 0.3 is 0 Å². The zero-order valence-corrected chi connectivity index (χ0v) is 14.1. The quantitative estimate of drug-likeness (QED) is 0.510. The Hall–Kier alpha value is -3.18. The maximum atomic E-state index is 12.1. The molecule has 0 saturated carbocycles. The van der Waals surface area contributed by atoms with Crippen LogP contribution in [0.5, 0.6) is 5.88 Å². The van der Waals surface area contributed by atoms with Crippen LogP contribution in [0.15, 0.2) is 28.0 Å². The molecule has 0 spiro atoms. The van der Waals surface area contributed by atoms with Gasteiger partial charge in [0.05, 0.1) is 21.2 Å². The summed E-state index contributed by atoms with van der Waals surface area (Å²) < 4.78 is 1.06. The molecule has 1 heterocycles. The fourth-order valence-electron chi connectivity index (χ4n) is 2.27. The highest BCUT2D eigenvalue weighted by Crippen LogP contribution is 2.29. The number of nitro groups is 1. The van der Waals surface area contributed by atoms with E-state index in [-0.39, 0.29) is 45.5 Å². The van der Waals surface area contributed by atoms with Gasteiger partial charge in [0.2, 0.25) is 5.88 Å². The van der Waals surface area contributed by atoms with Crippen molar-refractivity contribution in [1.82, 2.24) is 4.57 Å². The molecule has 2 aromatic rings. The standard InChI is InChI=1S/C16H13ClN4O4/c1-3-20-15(22)11(7-18)9(2)12(16(20)23)8-19-14-5-4-10(21(24)25)6-13(14)17/h4-6,8,23H,3H2,1-2H3. The summed E-state index contributed by atoms with van der Waals surface area (Å²) in [6, 6.07) is 5.60. The second-order valence-electron chi connectivity index (χ2n) is 5.05. The van der Waals surface area contributed by atoms with Gasteiger partial charge in [0.25, 0.3) is 11.2 Å². The van der Waals surface area contributed by atoms with Gasteiger partial charge in [-0.2, -0.15) is 5.26 Å². The second-order valence-corrected chi connectivity index (χ2v) is 5.46. The van der Waals surface area contributed by atoms with E-state index in [1.807, 2.05) is 6.07 Å². The molecule has 0 unspecified atom stereocenters. The fraction of sp³-hybridized carbons (Fsp3) is 0.188. The van der Waals surface area contributed by atoms with E-state index in [0.717, 1.165) is 10.6 Å². The summed E-state index contributed by atoms with van der Waals surface area (Å²) in [7, 11) is 0. The molecule has 128 valence electrons. The van der Waals surface area contributed by atoms with Gasteiger partial charge in [0.15, 0.2) is 0 Å². The zero-order chi connectivity index (χ0) is 18.7. The summed E-state index contributed by atoms with van der Waals surface area (Å²) in [6.45, 7) is 3.36. The first kappa shape index (κ1) is 18.2. The number of benzene rings is 1. The van der Waals surface area contributed by atoms with Crippen molar-refractivity contribution in [3.05, 3.63) is 60.4 Å². The predicted octanol–water partition coefficient (Wildman–Crippen LogP) is 3.07. The van der Waals surface area contributed by atoms with Crippen LogP contribution in [0.25, 0.3) is 0 Å². The molecule has 0 atom stereocenters. The van der Waals surface area contributed by atoms with E-state index in [1.54, 1.807) is 6.92 Å². The number of hydrogen-bond acceptors (Lipinski definition) is 6. The number of non-ortho nitro benzene ring substituents is 1. The van der Waals surface area contributed by atoms with Gasteiger partial charge in [0.1, 0.15) is 11.6 Å². The zero-order valence-electron chi connectivity index (χ0n) is 13.4. The molecular formula is C16H13ClN4O4. The highest BCUT2D eigenvalue weighted by Gasteiger charge is 2.17. The van der Waals surface area contributed by atoms with Gasteiger partial charge in [-0.15, -0.1) is 0 Å². The Kier molecular flexibility index (Phi) is 5.20. The molecule has 0 saturated heterocycles. The smallest absolute Gasteiger partial charge is 0.271 e. The van der Waals surface area contributed by atoms with E-state index in [2.05, 4.69) is 4.99 Å². The van der Waals surface area contributed by atoms with Gasteiger partial charge in [-0.05, 0) is 25.5 Å². The first-order chi connectivity index (χ1) is 11.8. The number of rotatable bonds is 4. The van der Waals surface area contributed by atoms with Crippen LogP contribution in [-0.2, 0) is 6.54 Å². The van der Waals surface area contributed by atoms with Crippen molar-refractivity contribution in [2.45, 2.75) is 20.4 Å². The van der Waals surface area contributed by atoms with Crippen LogP contribution in [0.3, 0.4) is 0 Å². The average Bonchev–Trinajstić information content (AvgIpc) is 2.56. The molecule has 0 aliphatic rings. The molecule has 9 heteroatoms. The lowest BCUT2D eigenvalue weighted by atomic mass is 10.1. The summed E-state index contributed by atoms with van der Waals surface area (Å²) in [5.74, 6) is -0.314. The molecule has 0 amide bonds. The van der Waals surface area contributed by atoms with E-state index < -0.39 is 10.5 Å². The third-order valence-electron chi connectivity index (χ3n) is 3.64. The van der Waals surface area contributed by atoms with Crippen molar-refractivity contribution < 1.29 is 10.0 Å². The third-order valence-corrected chi connectivity index (χ3v) is 3.94. The Labute approximate surface area is 147 Å². The van der Waals surface area contributed by atoms with Crippen molar-refractivity contribution in [3.63, 3.8) is 0 Å². The molecule has 8 nitrogen and oxygen atoms in total. The minimum atomic E-state index is -0.578. The third kappa shape index (κ3) is 3.36. The summed E-state index contributed by atoms with van der Waals surface area (Å²) in [5.41, 5.74) is -0.0987. The molecule has 25 heavy (non-hydrogen) atoms. The van der Waals surface area contributed by atoms with Crippen LogP contribution < -0.4 is 5.56 Å².